The molecule has 34 heavy (non-hydrogen) atoms. The van der Waals surface area contributed by atoms with Crippen molar-refractivity contribution < 1.29 is 18.7 Å². The molecule has 2 aliphatic rings. The van der Waals surface area contributed by atoms with Crippen LogP contribution in [0.15, 0.2) is 42.5 Å². The first-order valence-corrected chi connectivity index (χ1v) is 12.5. The number of hydrogen-bond acceptors (Lipinski definition) is 3. The summed E-state index contributed by atoms with van der Waals surface area (Å²) >= 11 is 0. The SMILES string of the molecule is CC[C@H](Oc1ccc2c(c1)[C@@H](c1cccc(F)c1)N(C(=O)CC(C)C)CC2)C(=O)NCC1CC1. The summed E-state index contributed by atoms with van der Waals surface area (Å²) in [6.45, 7) is 7.27. The van der Waals surface area contributed by atoms with Gasteiger partial charge >= 0.3 is 0 Å². The van der Waals surface area contributed by atoms with Gasteiger partial charge in [0.25, 0.3) is 5.91 Å². The molecule has 182 valence electrons. The fourth-order valence-corrected chi connectivity index (χ4v) is 4.61. The molecule has 0 spiro atoms. The van der Waals surface area contributed by atoms with Crippen LogP contribution in [0.25, 0.3) is 0 Å². The van der Waals surface area contributed by atoms with Crippen LogP contribution < -0.4 is 10.1 Å². The van der Waals surface area contributed by atoms with Gasteiger partial charge in [0.1, 0.15) is 11.6 Å². The third-order valence-electron chi connectivity index (χ3n) is 6.62. The highest BCUT2D eigenvalue weighted by Gasteiger charge is 2.33. The summed E-state index contributed by atoms with van der Waals surface area (Å²) in [5.41, 5.74) is 2.78. The van der Waals surface area contributed by atoms with Crippen LogP contribution in [0.1, 0.15) is 69.2 Å². The lowest BCUT2D eigenvalue weighted by molar-refractivity contribution is -0.134. The molecule has 0 saturated heterocycles. The second kappa shape index (κ2) is 10.6. The Hall–Kier alpha value is -2.89. The van der Waals surface area contributed by atoms with E-state index in [4.69, 9.17) is 4.74 Å². The number of carbonyl (C=O) groups is 2. The lowest BCUT2D eigenvalue weighted by atomic mass is 9.87. The average Bonchev–Trinajstić information content (AvgIpc) is 3.64. The van der Waals surface area contributed by atoms with Crippen molar-refractivity contribution in [2.24, 2.45) is 11.8 Å². The van der Waals surface area contributed by atoms with Gasteiger partial charge in [-0.3, -0.25) is 9.59 Å². The molecule has 2 amide bonds. The first-order valence-electron chi connectivity index (χ1n) is 12.5. The summed E-state index contributed by atoms with van der Waals surface area (Å²) in [5.74, 6) is 1.07. The van der Waals surface area contributed by atoms with Gasteiger partial charge in [-0.05, 0) is 78.5 Å². The van der Waals surface area contributed by atoms with Gasteiger partial charge in [0, 0.05) is 19.5 Å². The van der Waals surface area contributed by atoms with Crippen LogP contribution in [0.4, 0.5) is 4.39 Å². The molecule has 0 radical (unpaired) electrons. The Morgan fingerprint density at radius 1 is 1.18 bits per heavy atom. The number of carbonyl (C=O) groups excluding carboxylic acids is 2. The largest absolute Gasteiger partial charge is 0.481 e. The van der Waals surface area contributed by atoms with Crippen molar-refractivity contribution in [2.45, 2.75) is 65.0 Å². The van der Waals surface area contributed by atoms with Crippen molar-refractivity contribution in [3.63, 3.8) is 0 Å². The zero-order valence-corrected chi connectivity index (χ0v) is 20.4. The predicted octanol–water partition coefficient (Wildman–Crippen LogP) is 5.03. The Balaban J connectivity index is 1.63. The molecule has 0 bridgehead atoms. The highest BCUT2D eigenvalue weighted by Crippen LogP contribution is 2.38. The minimum Gasteiger partial charge on any atom is -0.481 e. The molecule has 4 rings (SSSR count). The lowest BCUT2D eigenvalue weighted by Crippen LogP contribution is -2.41. The maximum Gasteiger partial charge on any atom is 0.261 e. The molecule has 1 aliphatic carbocycles. The van der Waals surface area contributed by atoms with Crippen molar-refractivity contribution in [3.8, 4) is 5.75 Å². The third kappa shape index (κ3) is 5.78. The fourth-order valence-electron chi connectivity index (χ4n) is 4.61. The number of ether oxygens (including phenoxy) is 1. The first kappa shape index (κ1) is 24.2. The van der Waals surface area contributed by atoms with Crippen LogP contribution >= 0.6 is 0 Å². The van der Waals surface area contributed by atoms with Crippen LogP contribution in [-0.2, 0) is 16.0 Å². The highest BCUT2D eigenvalue weighted by molar-refractivity contribution is 5.81. The van der Waals surface area contributed by atoms with E-state index in [0.717, 1.165) is 23.1 Å². The Labute approximate surface area is 201 Å². The number of nitrogens with zero attached hydrogens (tertiary/aromatic N) is 1. The summed E-state index contributed by atoms with van der Waals surface area (Å²) in [6.07, 6.45) is 3.50. The smallest absolute Gasteiger partial charge is 0.261 e. The lowest BCUT2D eigenvalue weighted by Gasteiger charge is -2.38. The fraction of sp³-hybridized carbons (Fsp3) is 0.500. The summed E-state index contributed by atoms with van der Waals surface area (Å²) in [5, 5.41) is 3.00. The first-order chi connectivity index (χ1) is 16.4. The van der Waals surface area contributed by atoms with Gasteiger partial charge in [-0.1, -0.05) is 39.0 Å². The van der Waals surface area contributed by atoms with E-state index in [2.05, 4.69) is 5.32 Å². The number of amides is 2. The zero-order chi connectivity index (χ0) is 24.2. The van der Waals surface area contributed by atoms with Crippen molar-refractivity contribution in [2.75, 3.05) is 13.1 Å². The molecule has 1 N–H and O–H groups in total. The van der Waals surface area contributed by atoms with Crippen molar-refractivity contribution >= 4 is 11.8 Å². The number of rotatable bonds is 9. The van der Waals surface area contributed by atoms with Gasteiger partial charge in [-0.25, -0.2) is 4.39 Å². The van der Waals surface area contributed by atoms with Crippen molar-refractivity contribution in [3.05, 3.63) is 65.0 Å². The quantitative estimate of drug-likeness (QED) is 0.564. The van der Waals surface area contributed by atoms with Gasteiger partial charge in [-0.2, -0.15) is 0 Å². The van der Waals surface area contributed by atoms with Crippen LogP contribution in [0.2, 0.25) is 0 Å². The molecule has 1 fully saturated rings. The number of halogens is 1. The molecule has 5 nitrogen and oxygen atoms in total. The van der Waals surface area contributed by atoms with E-state index in [-0.39, 0.29) is 23.5 Å². The molecule has 2 atom stereocenters. The Kier molecular flexibility index (Phi) is 7.54. The number of benzene rings is 2. The van der Waals surface area contributed by atoms with Gasteiger partial charge in [0.05, 0.1) is 6.04 Å². The van der Waals surface area contributed by atoms with Gasteiger partial charge < -0.3 is 15.0 Å². The molecule has 0 aromatic heterocycles. The Bertz CT molecular complexity index is 1030. The van der Waals surface area contributed by atoms with E-state index < -0.39 is 12.1 Å². The van der Waals surface area contributed by atoms with E-state index in [1.807, 2.05) is 49.9 Å². The number of hydrogen-bond donors (Lipinski definition) is 1. The van der Waals surface area contributed by atoms with Gasteiger partial charge in [-0.15, -0.1) is 0 Å². The van der Waals surface area contributed by atoms with E-state index in [0.29, 0.717) is 37.6 Å². The molecule has 2 aromatic rings. The standard InChI is InChI=1S/C28H35FN2O3/c1-4-25(28(33)30-17-19-8-9-19)34-23-11-10-20-12-13-31(26(32)14-18(2)3)27(24(20)16-23)21-6-5-7-22(29)15-21/h5-7,10-11,15-16,18-19,25,27H,4,8-9,12-14,17H2,1-3H3,(H,30,33)/t25-,27+/m0/s1. The number of fused-ring (bicyclic) bond motifs is 1. The third-order valence-corrected chi connectivity index (χ3v) is 6.62. The molecule has 1 heterocycles. The predicted molar refractivity (Wildman–Crippen MR) is 130 cm³/mol. The number of nitrogens with one attached hydrogen (secondary N) is 1. The second-order valence-electron chi connectivity index (χ2n) is 9.96. The van der Waals surface area contributed by atoms with Crippen molar-refractivity contribution in [1.29, 1.82) is 0 Å². The van der Waals surface area contributed by atoms with Gasteiger partial charge in [0.2, 0.25) is 5.91 Å². The molecule has 1 aliphatic heterocycles. The summed E-state index contributed by atoms with van der Waals surface area (Å²) in [6, 6.07) is 11.9. The van der Waals surface area contributed by atoms with Crippen LogP contribution in [-0.4, -0.2) is 35.9 Å². The van der Waals surface area contributed by atoms with E-state index in [1.165, 1.54) is 25.0 Å². The molecular weight excluding hydrogens is 431 g/mol. The van der Waals surface area contributed by atoms with Gasteiger partial charge in [0.15, 0.2) is 6.10 Å². The van der Waals surface area contributed by atoms with E-state index in [9.17, 15) is 14.0 Å². The Morgan fingerprint density at radius 2 is 1.97 bits per heavy atom. The summed E-state index contributed by atoms with van der Waals surface area (Å²) < 4.78 is 20.3. The summed E-state index contributed by atoms with van der Waals surface area (Å²) in [7, 11) is 0. The normalized spacial score (nSPS) is 18.4. The molecular formula is C28H35FN2O3. The minimum absolute atomic E-state index is 0.0621. The van der Waals surface area contributed by atoms with Crippen LogP contribution in [0.3, 0.4) is 0 Å². The minimum atomic E-state index is -0.577. The molecule has 0 unspecified atom stereocenters. The Morgan fingerprint density at radius 3 is 2.65 bits per heavy atom. The zero-order valence-electron chi connectivity index (χ0n) is 20.4. The van der Waals surface area contributed by atoms with Crippen LogP contribution in [0, 0.1) is 17.7 Å². The van der Waals surface area contributed by atoms with Crippen LogP contribution in [0.5, 0.6) is 5.75 Å². The summed E-state index contributed by atoms with van der Waals surface area (Å²) in [4.78, 5) is 27.7. The average molecular weight is 467 g/mol. The van der Waals surface area contributed by atoms with Crippen molar-refractivity contribution in [1.82, 2.24) is 10.2 Å². The maximum absolute atomic E-state index is 14.2. The molecule has 6 heteroatoms. The maximum atomic E-state index is 14.2. The van der Waals surface area contributed by atoms with E-state index >= 15 is 0 Å². The molecule has 2 aromatic carbocycles. The monoisotopic (exact) mass is 466 g/mol. The highest BCUT2D eigenvalue weighted by atomic mass is 19.1. The second-order valence-corrected chi connectivity index (χ2v) is 9.96. The topological polar surface area (TPSA) is 58.6 Å². The van der Waals surface area contributed by atoms with E-state index in [1.54, 1.807) is 6.07 Å². The molecule has 1 saturated carbocycles.